The molecule has 3 aromatic rings. The Morgan fingerprint density at radius 1 is 0.842 bits per heavy atom. The first-order chi connectivity index (χ1) is 9.42. The molecule has 1 heterocycles. The highest BCUT2D eigenvalue weighted by atomic mass is 16.3. The molecule has 1 heteroatoms. The summed E-state index contributed by atoms with van der Waals surface area (Å²) in [5.41, 5.74) is 4.47. The molecule has 0 spiro atoms. The van der Waals surface area contributed by atoms with Crippen LogP contribution in [0, 0.1) is 0 Å². The van der Waals surface area contributed by atoms with Crippen LogP contribution >= 0.6 is 0 Å². The van der Waals surface area contributed by atoms with Crippen LogP contribution in [0.3, 0.4) is 0 Å². The smallest absolute Gasteiger partial charge is 0.136 e. The minimum atomic E-state index is 0.961. The minimum absolute atomic E-state index is 0.961. The number of rotatable bonds is 1. The highest BCUT2D eigenvalue weighted by Crippen LogP contribution is 2.31. The molecule has 0 N–H and O–H groups in total. The highest BCUT2D eigenvalue weighted by Gasteiger charge is 2.08. The van der Waals surface area contributed by atoms with Crippen LogP contribution in [0.2, 0.25) is 0 Å². The van der Waals surface area contributed by atoms with Crippen LogP contribution in [0.4, 0.5) is 0 Å². The lowest BCUT2D eigenvalue weighted by atomic mass is 9.98. The largest absolute Gasteiger partial charge is 0.456 e. The SMILES string of the molecule is C1=CC(c2ccc3c(c2)oc2ccccc23)=CCC1. The first kappa shape index (κ1) is 10.6. The lowest BCUT2D eigenvalue weighted by molar-refractivity contribution is 0.669. The Hall–Kier alpha value is -2.28. The molecule has 0 aliphatic heterocycles. The van der Waals surface area contributed by atoms with E-state index in [4.69, 9.17) is 4.42 Å². The molecule has 0 unspecified atom stereocenters. The molecule has 0 bridgehead atoms. The van der Waals surface area contributed by atoms with Crippen molar-refractivity contribution in [2.24, 2.45) is 0 Å². The van der Waals surface area contributed by atoms with Gasteiger partial charge >= 0.3 is 0 Å². The van der Waals surface area contributed by atoms with Gasteiger partial charge in [-0.15, -0.1) is 0 Å². The molecule has 1 aromatic heterocycles. The Labute approximate surface area is 111 Å². The maximum absolute atomic E-state index is 5.93. The average molecular weight is 246 g/mol. The first-order valence-electron chi connectivity index (χ1n) is 6.70. The van der Waals surface area contributed by atoms with Crippen molar-refractivity contribution >= 4 is 27.5 Å². The highest BCUT2D eigenvalue weighted by molar-refractivity contribution is 6.05. The summed E-state index contributed by atoms with van der Waals surface area (Å²) in [6.07, 6.45) is 9.01. The lowest BCUT2D eigenvalue weighted by Crippen LogP contribution is -1.85. The fourth-order valence-corrected chi connectivity index (χ4v) is 2.73. The molecule has 0 atom stereocenters. The molecule has 0 amide bonds. The van der Waals surface area contributed by atoms with E-state index in [0.29, 0.717) is 0 Å². The van der Waals surface area contributed by atoms with Gasteiger partial charge in [-0.3, -0.25) is 0 Å². The van der Waals surface area contributed by atoms with E-state index in [9.17, 15) is 0 Å². The molecule has 92 valence electrons. The van der Waals surface area contributed by atoms with Crippen LogP contribution in [0.5, 0.6) is 0 Å². The zero-order valence-electron chi connectivity index (χ0n) is 10.6. The minimum Gasteiger partial charge on any atom is -0.456 e. The van der Waals surface area contributed by atoms with Crippen molar-refractivity contribution in [3.8, 4) is 0 Å². The Kier molecular flexibility index (Phi) is 2.31. The molecule has 1 nitrogen and oxygen atoms in total. The summed E-state index contributed by atoms with van der Waals surface area (Å²) in [7, 11) is 0. The van der Waals surface area contributed by atoms with Crippen molar-refractivity contribution in [3.05, 3.63) is 66.3 Å². The van der Waals surface area contributed by atoms with E-state index in [1.54, 1.807) is 0 Å². The maximum atomic E-state index is 5.93. The molecular formula is C18H14O. The molecule has 0 saturated carbocycles. The molecule has 0 radical (unpaired) electrons. The molecule has 0 fully saturated rings. The molecule has 19 heavy (non-hydrogen) atoms. The summed E-state index contributed by atoms with van der Waals surface area (Å²) in [6, 6.07) is 14.7. The predicted molar refractivity (Wildman–Crippen MR) is 80.1 cm³/mol. The van der Waals surface area contributed by atoms with Gasteiger partial charge in [-0.1, -0.05) is 42.5 Å². The average Bonchev–Trinajstić information content (AvgIpc) is 2.86. The van der Waals surface area contributed by atoms with Crippen LogP contribution in [-0.2, 0) is 0 Å². The van der Waals surface area contributed by atoms with Crippen LogP contribution in [0.15, 0.2) is 65.1 Å². The molecule has 4 rings (SSSR count). The fraction of sp³-hybridized carbons (Fsp3) is 0.111. The second-order valence-corrected chi connectivity index (χ2v) is 4.95. The van der Waals surface area contributed by atoms with E-state index in [1.807, 2.05) is 12.1 Å². The van der Waals surface area contributed by atoms with Crippen molar-refractivity contribution in [1.82, 2.24) is 0 Å². The molecule has 1 aliphatic carbocycles. The third-order valence-corrected chi connectivity index (χ3v) is 3.71. The third kappa shape index (κ3) is 1.70. The van der Waals surface area contributed by atoms with Crippen molar-refractivity contribution in [2.75, 3.05) is 0 Å². The second-order valence-electron chi connectivity index (χ2n) is 4.95. The normalized spacial score (nSPS) is 15.1. The number of hydrogen-bond donors (Lipinski definition) is 0. The van der Waals surface area contributed by atoms with Gasteiger partial charge in [0.25, 0.3) is 0 Å². The van der Waals surface area contributed by atoms with Crippen molar-refractivity contribution in [1.29, 1.82) is 0 Å². The quantitative estimate of drug-likeness (QED) is 0.566. The van der Waals surface area contributed by atoms with Crippen molar-refractivity contribution < 1.29 is 4.42 Å². The molecule has 2 aromatic carbocycles. The summed E-state index contributed by atoms with van der Waals surface area (Å²) in [5.74, 6) is 0. The van der Waals surface area contributed by atoms with Gasteiger partial charge in [-0.25, -0.2) is 0 Å². The van der Waals surface area contributed by atoms with Crippen molar-refractivity contribution in [2.45, 2.75) is 12.8 Å². The Morgan fingerprint density at radius 3 is 2.63 bits per heavy atom. The van der Waals surface area contributed by atoms with E-state index in [1.165, 1.54) is 21.9 Å². The topological polar surface area (TPSA) is 13.1 Å². The molecule has 1 aliphatic rings. The third-order valence-electron chi connectivity index (χ3n) is 3.71. The summed E-state index contributed by atoms with van der Waals surface area (Å²) in [4.78, 5) is 0. The van der Waals surface area contributed by atoms with Gasteiger partial charge in [0.1, 0.15) is 11.2 Å². The zero-order valence-corrected chi connectivity index (χ0v) is 10.6. The number of para-hydroxylation sites is 1. The molecular weight excluding hydrogens is 232 g/mol. The number of furan rings is 1. The lowest BCUT2D eigenvalue weighted by Gasteiger charge is -2.06. The number of allylic oxidation sites excluding steroid dienone is 4. The number of hydrogen-bond acceptors (Lipinski definition) is 1. The van der Waals surface area contributed by atoms with Gasteiger partial charge in [0, 0.05) is 10.8 Å². The molecule has 0 saturated heterocycles. The summed E-state index contributed by atoms with van der Waals surface area (Å²) >= 11 is 0. The first-order valence-corrected chi connectivity index (χ1v) is 6.70. The summed E-state index contributed by atoms with van der Waals surface area (Å²) in [5, 5.41) is 2.39. The second kappa shape index (κ2) is 4.13. The fourth-order valence-electron chi connectivity index (χ4n) is 2.73. The Bertz CT molecular complexity index is 818. The van der Waals surface area contributed by atoms with Crippen LogP contribution < -0.4 is 0 Å². The standard InChI is InChI=1S/C18H14O/c1-2-6-13(7-3-1)14-10-11-16-15-8-4-5-9-17(15)19-18(16)12-14/h2,4-12H,1,3H2. The monoisotopic (exact) mass is 246 g/mol. The van der Waals surface area contributed by atoms with Crippen LogP contribution in [0.1, 0.15) is 18.4 Å². The van der Waals surface area contributed by atoms with Gasteiger partial charge in [-0.2, -0.15) is 0 Å². The van der Waals surface area contributed by atoms with E-state index in [-0.39, 0.29) is 0 Å². The van der Waals surface area contributed by atoms with Gasteiger partial charge in [0.05, 0.1) is 0 Å². The van der Waals surface area contributed by atoms with E-state index >= 15 is 0 Å². The summed E-state index contributed by atoms with van der Waals surface area (Å²) in [6.45, 7) is 0. The van der Waals surface area contributed by atoms with Gasteiger partial charge in [0.2, 0.25) is 0 Å². The van der Waals surface area contributed by atoms with Gasteiger partial charge in [-0.05, 0) is 42.2 Å². The van der Waals surface area contributed by atoms with Gasteiger partial charge in [0.15, 0.2) is 0 Å². The number of benzene rings is 2. The van der Waals surface area contributed by atoms with Gasteiger partial charge < -0.3 is 4.42 Å². The maximum Gasteiger partial charge on any atom is 0.136 e. The number of fused-ring (bicyclic) bond motifs is 3. The van der Waals surface area contributed by atoms with Crippen molar-refractivity contribution in [3.63, 3.8) is 0 Å². The Balaban J connectivity index is 1.94. The van der Waals surface area contributed by atoms with E-state index in [0.717, 1.165) is 24.0 Å². The van der Waals surface area contributed by atoms with E-state index < -0.39 is 0 Å². The van der Waals surface area contributed by atoms with Crippen LogP contribution in [0.25, 0.3) is 27.5 Å². The predicted octanol–water partition coefficient (Wildman–Crippen LogP) is 5.32. The Morgan fingerprint density at radius 2 is 1.74 bits per heavy atom. The van der Waals surface area contributed by atoms with E-state index in [2.05, 4.69) is 48.6 Å². The van der Waals surface area contributed by atoms with Crippen LogP contribution in [-0.4, -0.2) is 0 Å². The summed E-state index contributed by atoms with van der Waals surface area (Å²) < 4.78 is 5.93. The zero-order chi connectivity index (χ0) is 12.7.